The van der Waals surface area contributed by atoms with Crippen LogP contribution in [0.15, 0.2) is 77.7 Å². The molecule has 0 radical (unpaired) electrons. The van der Waals surface area contributed by atoms with E-state index < -0.39 is 34.3 Å². The highest BCUT2D eigenvalue weighted by Gasteiger charge is 2.34. The lowest BCUT2D eigenvalue weighted by molar-refractivity contribution is -0.140. The number of nitrogens with zero attached hydrogens (tertiary/aromatic N) is 2. The molecule has 224 valence electrons. The number of carbonyl (C=O) groups is 2. The minimum atomic E-state index is -4.13. The van der Waals surface area contributed by atoms with Crippen LogP contribution in [0.4, 0.5) is 10.1 Å². The van der Waals surface area contributed by atoms with Gasteiger partial charge in [0.1, 0.15) is 18.4 Å². The molecule has 0 aromatic heterocycles. The van der Waals surface area contributed by atoms with Gasteiger partial charge in [-0.25, -0.2) is 12.8 Å². The highest BCUT2D eigenvalue weighted by molar-refractivity contribution is 7.92. The van der Waals surface area contributed by atoms with E-state index in [-0.39, 0.29) is 23.4 Å². The Morgan fingerprint density at radius 2 is 1.60 bits per heavy atom. The maximum Gasteiger partial charge on any atom is 0.264 e. The number of hydrogen-bond donors (Lipinski definition) is 1. The summed E-state index contributed by atoms with van der Waals surface area (Å²) in [5, 5.41) is 3.13. The van der Waals surface area contributed by atoms with Gasteiger partial charge in [-0.3, -0.25) is 13.9 Å². The molecule has 1 saturated carbocycles. The molecular weight excluding hydrogens is 553 g/mol. The first kappa shape index (κ1) is 31.2. The normalized spacial score (nSPS) is 14.7. The van der Waals surface area contributed by atoms with Gasteiger partial charge in [-0.1, -0.05) is 68.1 Å². The summed E-state index contributed by atoms with van der Waals surface area (Å²) in [6.07, 6.45) is 5.35. The number of rotatable bonds is 11. The van der Waals surface area contributed by atoms with E-state index in [0.29, 0.717) is 17.7 Å². The number of carbonyl (C=O) groups excluding carboxylic acids is 2. The lowest BCUT2D eigenvalue weighted by atomic mass is 9.95. The molecule has 1 aliphatic carbocycles. The number of hydrogen-bond acceptors (Lipinski definition) is 4. The number of nitrogens with one attached hydrogen (secondary N) is 1. The zero-order valence-electron chi connectivity index (χ0n) is 24.6. The van der Waals surface area contributed by atoms with Crippen LogP contribution in [-0.4, -0.2) is 43.8 Å². The molecule has 0 saturated heterocycles. The molecule has 7 nitrogen and oxygen atoms in total. The molecule has 0 aliphatic heterocycles. The minimum Gasteiger partial charge on any atom is -0.352 e. The van der Waals surface area contributed by atoms with Crippen LogP contribution in [0.2, 0.25) is 0 Å². The van der Waals surface area contributed by atoms with Gasteiger partial charge < -0.3 is 10.2 Å². The van der Waals surface area contributed by atoms with Gasteiger partial charge >= 0.3 is 0 Å². The van der Waals surface area contributed by atoms with Crippen LogP contribution in [0.25, 0.3) is 0 Å². The Morgan fingerprint density at radius 3 is 2.21 bits per heavy atom. The molecular formula is C33H40FN3O4S. The fraction of sp³-hybridized carbons (Fsp3) is 0.394. The Labute approximate surface area is 248 Å². The highest BCUT2D eigenvalue weighted by Crippen LogP contribution is 2.26. The van der Waals surface area contributed by atoms with Crippen LogP contribution in [0.3, 0.4) is 0 Å². The maximum atomic E-state index is 14.2. The second kappa shape index (κ2) is 14.0. The van der Waals surface area contributed by atoms with Gasteiger partial charge in [-0.05, 0) is 80.6 Å². The Hall–Kier alpha value is -3.72. The lowest BCUT2D eigenvalue weighted by Gasteiger charge is -2.34. The van der Waals surface area contributed by atoms with E-state index in [4.69, 9.17) is 0 Å². The first-order valence-electron chi connectivity index (χ1n) is 14.6. The zero-order chi connectivity index (χ0) is 30.3. The molecule has 1 aliphatic rings. The molecule has 42 heavy (non-hydrogen) atoms. The third kappa shape index (κ3) is 7.76. The topological polar surface area (TPSA) is 86.8 Å². The Bertz CT molecular complexity index is 1470. The molecule has 1 fully saturated rings. The average molecular weight is 594 g/mol. The van der Waals surface area contributed by atoms with Crippen molar-refractivity contribution in [1.82, 2.24) is 10.2 Å². The summed E-state index contributed by atoms with van der Waals surface area (Å²) in [6.45, 7) is 5.08. The van der Waals surface area contributed by atoms with Gasteiger partial charge in [-0.15, -0.1) is 0 Å². The third-order valence-electron chi connectivity index (χ3n) is 7.78. The first-order chi connectivity index (χ1) is 20.1. The number of aryl methyl sites for hydroxylation is 2. The van der Waals surface area contributed by atoms with Crippen molar-refractivity contribution in [3.63, 3.8) is 0 Å². The zero-order valence-corrected chi connectivity index (χ0v) is 25.4. The molecule has 0 heterocycles. The van der Waals surface area contributed by atoms with Crippen LogP contribution < -0.4 is 9.62 Å². The minimum absolute atomic E-state index is 0.0297. The van der Waals surface area contributed by atoms with Crippen molar-refractivity contribution in [2.45, 2.75) is 82.8 Å². The molecule has 9 heteroatoms. The third-order valence-corrected chi connectivity index (χ3v) is 9.57. The van der Waals surface area contributed by atoms with Crippen LogP contribution in [-0.2, 0) is 26.2 Å². The fourth-order valence-electron chi connectivity index (χ4n) is 5.40. The maximum absolute atomic E-state index is 14.2. The van der Waals surface area contributed by atoms with E-state index >= 15 is 0 Å². The van der Waals surface area contributed by atoms with Crippen molar-refractivity contribution in [3.8, 4) is 0 Å². The van der Waals surface area contributed by atoms with Gasteiger partial charge in [0.2, 0.25) is 11.8 Å². The van der Waals surface area contributed by atoms with Crippen LogP contribution in [0.5, 0.6) is 0 Å². The molecule has 3 aromatic rings. The largest absolute Gasteiger partial charge is 0.352 e. The quantitative estimate of drug-likeness (QED) is 0.300. The van der Waals surface area contributed by atoms with E-state index in [0.717, 1.165) is 47.5 Å². The number of benzene rings is 3. The predicted molar refractivity (Wildman–Crippen MR) is 163 cm³/mol. The molecule has 3 aromatic carbocycles. The molecule has 0 spiro atoms. The van der Waals surface area contributed by atoms with Gasteiger partial charge in [0.25, 0.3) is 10.0 Å². The predicted octanol–water partition coefficient (Wildman–Crippen LogP) is 5.89. The van der Waals surface area contributed by atoms with Crippen molar-refractivity contribution in [3.05, 3.63) is 95.3 Å². The van der Waals surface area contributed by atoms with E-state index in [1.165, 1.54) is 29.2 Å². The Morgan fingerprint density at radius 1 is 0.929 bits per heavy atom. The second-order valence-electron chi connectivity index (χ2n) is 11.1. The second-order valence-corrected chi connectivity index (χ2v) is 12.9. The first-order valence-corrected chi connectivity index (χ1v) is 16.0. The summed E-state index contributed by atoms with van der Waals surface area (Å²) in [4.78, 5) is 29.3. The Kier molecular flexibility index (Phi) is 10.4. The van der Waals surface area contributed by atoms with E-state index in [2.05, 4.69) is 5.32 Å². The van der Waals surface area contributed by atoms with Crippen molar-refractivity contribution in [1.29, 1.82) is 0 Å². The van der Waals surface area contributed by atoms with Gasteiger partial charge in [0.05, 0.1) is 10.6 Å². The van der Waals surface area contributed by atoms with Crippen LogP contribution >= 0.6 is 0 Å². The van der Waals surface area contributed by atoms with Crippen molar-refractivity contribution >= 4 is 27.5 Å². The fourth-order valence-corrected chi connectivity index (χ4v) is 6.81. The van der Waals surface area contributed by atoms with E-state index in [1.54, 1.807) is 42.5 Å². The number of amides is 2. The van der Waals surface area contributed by atoms with Crippen LogP contribution in [0, 0.1) is 19.7 Å². The summed E-state index contributed by atoms with van der Waals surface area (Å²) in [7, 11) is -4.13. The summed E-state index contributed by atoms with van der Waals surface area (Å²) in [6, 6.07) is 18.4. The molecule has 1 N–H and O–H groups in total. The van der Waals surface area contributed by atoms with Crippen LogP contribution in [0.1, 0.15) is 62.1 Å². The van der Waals surface area contributed by atoms with Crippen molar-refractivity contribution in [2.75, 3.05) is 10.8 Å². The van der Waals surface area contributed by atoms with E-state index in [1.807, 2.05) is 26.8 Å². The summed E-state index contributed by atoms with van der Waals surface area (Å²) >= 11 is 0. The number of sulfonamides is 1. The van der Waals surface area contributed by atoms with Crippen molar-refractivity contribution in [2.24, 2.45) is 0 Å². The summed E-state index contributed by atoms with van der Waals surface area (Å²) < 4.78 is 42.8. The molecule has 2 amide bonds. The van der Waals surface area contributed by atoms with Crippen molar-refractivity contribution < 1.29 is 22.4 Å². The lowest BCUT2D eigenvalue weighted by Crippen LogP contribution is -2.54. The van der Waals surface area contributed by atoms with E-state index in [9.17, 15) is 22.4 Å². The SMILES string of the molecule is CCC(C(=O)NC1CCCCC1)N(Cc1ccc(F)cc1)C(=O)CN(c1cccc(C)c1)S(=O)(=O)c1ccc(C)cc1. The number of halogens is 1. The monoisotopic (exact) mass is 593 g/mol. The van der Waals surface area contributed by atoms with Gasteiger partial charge in [0.15, 0.2) is 0 Å². The molecule has 1 atom stereocenters. The highest BCUT2D eigenvalue weighted by atomic mass is 32.2. The molecule has 4 rings (SSSR count). The Balaban J connectivity index is 1.70. The smallest absolute Gasteiger partial charge is 0.264 e. The summed E-state index contributed by atoms with van der Waals surface area (Å²) in [5.41, 5.74) is 2.74. The molecule has 1 unspecified atom stereocenters. The number of anilines is 1. The van der Waals surface area contributed by atoms with Gasteiger partial charge in [-0.2, -0.15) is 0 Å². The van der Waals surface area contributed by atoms with Gasteiger partial charge in [0, 0.05) is 12.6 Å². The average Bonchev–Trinajstić information content (AvgIpc) is 2.97. The summed E-state index contributed by atoms with van der Waals surface area (Å²) in [5.74, 6) is -1.20. The molecule has 0 bridgehead atoms. The standard InChI is InChI=1S/C33H40FN3O4S/c1-4-31(33(39)35-28-10-6-5-7-11-28)36(22-26-15-17-27(34)18-16-26)32(38)23-37(29-12-8-9-25(3)21-29)42(40,41)30-19-13-24(2)14-20-30/h8-9,12-21,28,31H,4-7,10-11,22-23H2,1-3H3,(H,35,39).